The minimum Gasteiger partial charge on any atom is -0.478 e. The number of aryl methyl sites for hydroxylation is 1. The molecule has 9 heteroatoms. The Kier molecular flexibility index (Phi) is 6.40. The monoisotopic (exact) mass is 364 g/mol. The van der Waals surface area contributed by atoms with Gasteiger partial charge in [0.15, 0.2) is 0 Å². The second-order valence-electron chi connectivity index (χ2n) is 5.65. The fraction of sp³-hybridized carbons (Fsp3) is 0.375. The van der Waals surface area contributed by atoms with Gasteiger partial charge in [-0.25, -0.2) is 4.79 Å². The molecule has 2 amide bonds. The lowest BCUT2D eigenvalue weighted by Gasteiger charge is -2.09. The number of benzene rings is 1. The molecular formula is C16H20N4O4S. The summed E-state index contributed by atoms with van der Waals surface area (Å²) in [7, 11) is -0.413. The van der Waals surface area contributed by atoms with Crippen molar-refractivity contribution in [3.8, 4) is 0 Å². The Labute approximate surface area is 147 Å². The van der Waals surface area contributed by atoms with Gasteiger partial charge in [0.2, 0.25) is 11.8 Å². The maximum absolute atomic E-state index is 12.1. The van der Waals surface area contributed by atoms with E-state index < -0.39 is 16.7 Å². The van der Waals surface area contributed by atoms with Gasteiger partial charge in [0, 0.05) is 17.8 Å². The van der Waals surface area contributed by atoms with E-state index in [9.17, 15) is 14.4 Å². The van der Waals surface area contributed by atoms with Crippen molar-refractivity contribution >= 4 is 39.9 Å². The van der Waals surface area contributed by atoms with Gasteiger partial charge in [0.25, 0.3) is 0 Å². The fourth-order valence-corrected chi connectivity index (χ4v) is 3.25. The van der Waals surface area contributed by atoms with Gasteiger partial charge in [-0.3, -0.25) is 9.59 Å². The van der Waals surface area contributed by atoms with Gasteiger partial charge >= 0.3 is 5.97 Å². The van der Waals surface area contributed by atoms with Gasteiger partial charge < -0.3 is 15.7 Å². The maximum atomic E-state index is 12.1. The van der Waals surface area contributed by atoms with Gasteiger partial charge in [-0.1, -0.05) is 6.07 Å². The summed E-state index contributed by atoms with van der Waals surface area (Å²) in [5.74, 6) is -0.384. The average molecular weight is 364 g/mol. The second-order valence-corrected chi connectivity index (χ2v) is 7.32. The predicted octanol–water partition coefficient (Wildman–Crippen LogP) is 1.68. The summed E-state index contributed by atoms with van der Waals surface area (Å²) in [5.41, 5.74) is 2.11. The average Bonchev–Trinajstić information content (AvgIpc) is 2.98. The van der Waals surface area contributed by atoms with E-state index in [4.69, 9.17) is 5.11 Å². The summed E-state index contributed by atoms with van der Waals surface area (Å²) < 4.78 is 4.12. The zero-order valence-corrected chi connectivity index (χ0v) is 14.9. The number of carboxylic acids is 1. The van der Waals surface area contributed by atoms with E-state index in [0.29, 0.717) is 29.4 Å². The Morgan fingerprint density at radius 3 is 2.76 bits per heavy atom. The van der Waals surface area contributed by atoms with Gasteiger partial charge in [-0.15, -0.1) is 4.47 Å². The SMILES string of the molecule is C/C(CCC(=O)Nc1cc(C(=O)O)ccc1C)=N\N=S1/CNC(=O)C1. The van der Waals surface area contributed by atoms with Crippen LogP contribution in [0.15, 0.2) is 27.8 Å². The van der Waals surface area contributed by atoms with Crippen molar-refractivity contribution in [2.45, 2.75) is 26.7 Å². The number of rotatable bonds is 6. The van der Waals surface area contributed by atoms with E-state index in [-0.39, 0.29) is 23.8 Å². The molecule has 0 bridgehead atoms. The molecule has 1 aliphatic heterocycles. The molecule has 25 heavy (non-hydrogen) atoms. The van der Waals surface area contributed by atoms with Gasteiger partial charge in [-0.2, -0.15) is 5.10 Å². The molecule has 1 atom stereocenters. The van der Waals surface area contributed by atoms with E-state index in [1.54, 1.807) is 19.9 Å². The minimum absolute atomic E-state index is 0.0155. The number of hydrogen-bond acceptors (Lipinski definition) is 4. The number of carbonyl (C=O) groups is 3. The van der Waals surface area contributed by atoms with Crippen molar-refractivity contribution in [3.05, 3.63) is 29.3 Å². The summed E-state index contributed by atoms with van der Waals surface area (Å²) in [6, 6.07) is 4.59. The van der Waals surface area contributed by atoms with E-state index in [0.717, 1.165) is 5.56 Å². The zero-order valence-electron chi connectivity index (χ0n) is 14.0. The van der Waals surface area contributed by atoms with Crippen molar-refractivity contribution in [3.63, 3.8) is 0 Å². The summed E-state index contributed by atoms with van der Waals surface area (Å²) in [6.45, 7) is 3.58. The van der Waals surface area contributed by atoms with Crippen molar-refractivity contribution in [2.24, 2.45) is 9.57 Å². The zero-order chi connectivity index (χ0) is 18.4. The third kappa shape index (κ3) is 5.79. The van der Waals surface area contributed by atoms with Crippen LogP contribution in [-0.4, -0.2) is 40.2 Å². The molecule has 0 aromatic heterocycles. The van der Waals surface area contributed by atoms with Gasteiger partial charge in [0.1, 0.15) is 0 Å². The largest absolute Gasteiger partial charge is 0.478 e. The van der Waals surface area contributed by atoms with Crippen LogP contribution >= 0.6 is 0 Å². The van der Waals surface area contributed by atoms with Crippen LogP contribution < -0.4 is 10.6 Å². The molecule has 8 nitrogen and oxygen atoms in total. The number of carboxylic acid groups (broad SMARTS) is 1. The van der Waals surface area contributed by atoms with Crippen LogP contribution in [0.4, 0.5) is 5.69 Å². The van der Waals surface area contributed by atoms with Gasteiger partial charge in [-0.05, 0) is 48.7 Å². The number of carbonyl (C=O) groups excluding carboxylic acids is 2. The molecule has 134 valence electrons. The highest BCUT2D eigenvalue weighted by Crippen LogP contribution is 2.17. The molecule has 1 fully saturated rings. The van der Waals surface area contributed by atoms with Crippen molar-refractivity contribution in [1.29, 1.82) is 0 Å². The standard InChI is InChI=1S/C16H20N4O4S/c1-10-3-5-12(16(23)24)7-13(10)18-14(21)6-4-11(2)19-20-25-8-15(22)17-9-25/h3,5,7H,4,6,8-9H2,1-2H3,(H,17,22)(H,18,21)(H,23,24)/b19-11+. The molecule has 2 rings (SSSR count). The first-order valence-corrected chi connectivity index (χ1v) is 9.19. The fourth-order valence-electron chi connectivity index (χ4n) is 2.05. The molecule has 1 aromatic rings. The quantitative estimate of drug-likeness (QED) is 0.525. The van der Waals surface area contributed by atoms with Crippen LogP contribution in [0.3, 0.4) is 0 Å². The number of nitrogens with one attached hydrogen (secondary N) is 2. The van der Waals surface area contributed by atoms with E-state index >= 15 is 0 Å². The number of nitrogens with zero attached hydrogens (tertiary/aromatic N) is 2. The molecule has 1 unspecified atom stereocenters. The molecule has 0 saturated carbocycles. The summed E-state index contributed by atoms with van der Waals surface area (Å²) in [6.07, 6.45) is 0.651. The van der Waals surface area contributed by atoms with Crippen LogP contribution in [0, 0.1) is 6.92 Å². The van der Waals surface area contributed by atoms with Crippen LogP contribution in [0.2, 0.25) is 0 Å². The third-order valence-electron chi connectivity index (χ3n) is 3.53. The van der Waals surface area contributed by atoms with E-state index in [1.165, 1.54) is 12.1 Å². The Bertz CT molecular complexity index is 773. The lowest BCUT2D eigenvalue weighted by Crippen LogP contribution is -2.14. The highest BCUT2D eigenvalue weighted by atomic mass is 32.2. The molecule has 3 N–H and O–H groups in total. The summed E-state index contributed by atoms with van der Waals surface area (Å²) in [4.78, 5) is 34.1. The van der Waals surface area contributed by atoms with Crippen molar-refractivity contribution in [2.75, 3.05) is 16.9 Å². The molecule has 1 aliphatic rings. The first-order chi connectivity index (χ1) is 11.8. The van der Waals surface area contributed by atoms with Gasteiger partial charge in [0.05, 0.1) is 17.2 Å². The first-order valence-electron chi connectivity index (χ1n) is 7.67. The van der Waals surface area contributed by atoms with E-state index in [2.05, 4.69) is 20.2 Å². The predicted molar refractivity (Wildman–Crippen MR) is 96.8 cm³/mol. The molecule has 1 aromatic carbocycles. The smallest absolute Gasteiger partial charge is 0.335 e. The minimum atomic E-state index is -1.04. The highest BCUT2D eigenvalue weighted by Gasteiger charge is 2.14. The van der Waals surface area contributed by atoms with E-state index in [1.807, 2.05) is 0 Å². The lowest BCUT2D eigenvalue weighted by atomic mass is 10.1. The normalized spacial score (nSPS) is 17.4. The molecule has 0 aliphatic carbocycles. The molecule has 1 heterocycles. The van der Waals surface area contributed by atoms with Crippen molar-refractivity contribution in [1.82, 2.24) is 5.32 Å². The number of anilines is 1. The number of aromatic carboxylic acids is 1. The Hall–Kier alpha value is -2.55. The molecule has 0 spiro atoms. The summed E-state index contributed by atoms with van der Waals surface area (Å²) in [5, 5.41) is 18.5. The second kappa shape index (κ2) is 8.52. The van der Waals surface area contributed by atoms with Crippen LogP contribution in [0.5, 0.6) is 0 Å². The Morgan fingerprint density at radius 2 is 2.12 bits per heavy atom. The van der Waals surface area contributed by atoms with Crippen LogP contribution in [-0.2, 0) is 20.3 Å². The third-order valence-corrected chi connectivity index (χ3v) is 4.92. The lowest BCUT2D eigenvalue weighted by molar-refractivity contribution is -0.118. The number of amides is 2. The number of hydrogen-bond donors (Lipinski definition) is 3. The maximum Gasteiger partial charge on any atom is 0.335 e. The Balaban J connectivity index is 1.89. The highest BCUT2D eigenvalue weighted by molar-refractivity contribution is 7.88. The summed E-state index contributed by atoms with van der Waals surface area (Å²) >= 11 is 0. The topological polar surface area (TPSA) is 120 Å². The van der Waals surface area contributed by atoms with Crippen molar-refractivity contribution < 1.29 is 19.5 Å². The van der Waals surface area contributed by atoms with Crippen LogP contribution in [0.25, 0.3) is 0 Å². The molecule has 0 radical (unpaired) electrons. The first kappa shape index (κ1) is 18.8. The van der Waals surface area contributed by atoms with Crippen LogP contribution in [0.1, 0.15) is 35.7 Å². The Morgan fingerprint density at radius 1 is 1.36 bits per heavy atom. The molecule has 1 saturated heterocycles. The molecular weight excluding hydrogens is 344 g/mol.